The van der Waals surface area contributed by atoms with E-state index in [0.29, 0.717) is 0 Å². The second-order valence-corrected chi connectivity index (χ2v) is 4.79. The number of hydrogen-bond acceptors (Lipinski definition) is 3. The Kier molecular flexibility index (Phi) is 3.34. The molecule has 96 valence electrons. The molecule has 1 unspecified atom stereocenters. The molecule has 0 saturated carbocycles. The summed E-state index contributed by atoms with van der Waals surface area (Å²) < 4.78 is 26.8. The normalized spacial score (nSPS) is 19.6. The van der Waals surface area contributed by atoms with Gasteiger partial charge in [-0.2, -0.15) is 0 Å². The van der Waals surface area contributed by atoms with Crippen molar-refractivity contribution in [3.05, 3.63) is 28.2 Å². The molecule has 1 aliphatic rings. The lowest BCUT2D eigenvalue weighted by Gasteiger charge is -2.13. The Morgan fingerprint density at radius 1 is 1.33 bits per heavy atom. The molecule has 18 heavy (non-hydrogen) atoms. The van der Waals surface area contributed by atoms with E-state index in [0.717, 1.165) is 17.0 Å². The molecule has 0 bridgehead atoms. The number of imide groups is 1. The highest BCUT2D eigenvalue weighted by molar-refractivity contribution is 9.10. The van der Waals surface area contributed by atoms with Crippen LogP contribution < -0.4 is 5.32 Å². The SMILES string of the molecule is CN1C(=O)CC(Nc2cc(F)c(Br)cc2F)C1=O. The molecule has 1 N–H and O–H groups in total. The molecule has 0 spiro atoms. The maximum Gasteiger partial charge on any atom is 0.251 e. The van der Waals surface area contributed by atoms with Crippen molar-refractivity contribution in [2.45, 2.75) is 12.5 Å². The molecule has 1 aromatic carbocycles. The molecular formula is C11H9BrF2N2O2. The first-order valence-corrected chi connectivity index (χ1v) is 5.91. The average Bonchev–Trinajstić information content (AvgIpc) is 2.54. The van der Waals surface area contributed by atoms with Crippen LogP contribution >= 0.6 is 15.9 Å². The fourth-order valence-corrected chi connectivity index (χ4v) is 2.00. The van der Waals surface area contributed by atoms with E-state index < -0.39 is 23.6 Å². The lowest BCUT2D eigenvalue weighted by atomic mass is 10.2. The molecule has 2 rings (SSSR count). The van der Waals surface area contributed by atoms with Crippen LogP contribution in [0.5, 0.6) is 0 Å². The van der Waals surface area contributed by atoms with Gasteiger partial charge in [-0.05, 0) is 22.0 Å². The predicted molar refractivity (Wildman–Crippen MR) is 63.9 cm³/mol. The van der Waals surface area contributed by atoms with Crippen molar-refractivity contribution in [3.8, 4) is 0 Å². The van der Waals surface area contributed by atoms with Crippen LogP contribution in [0.25, 0.3) is 0 Å². The van der Waals surface area contributed by atoms with Gasteiger partial charge in [0.25, 0.3) is 5.91 Å². The number of nitrogens with zero attached hydrogens (tertiary/aromatic N) is 1. The van der Waals surface area contributed by atoms with Gasteiger partial charge in [-0.3, -0.25) is 14.5 Å². The number of nitrogens with one attached hydrogen (secondary N) is 1. The topological polar surface area (TPSA) is 49.4 Å². The highest BCUT2D eigenvalue weighted by Crippen LogP contribution is 2.25. The van der Waals surface area contributed by atoms with E-state index in [-0.39, 0.29) is 22.5 Å². The number of halogens is 3. The number of carbonyl (C=O) groups is 2. The van der Waals surface area contributed by atoms with E-state index >= 15 is 0 Å². The third-order valence-electron chi connectivity index (χ3n) is 2.72. The summed E-state index contributed by atoms with van der Waals surface area (Å²) in [6, 6.07) is 1.05. The minimum atomic E-state index is -0.849. The third kappa shape index (κ3) is 2.22. The molecule has 1 atom stereocenters. The summed E-state index contributed by atoms with van der Waals surface area (Å²) in [5.41, 5.74) is -0.142. The second-order valence-electron chi connectivity index (χ2n) is 3.94. The monoisotopic (exact) mass is 318 g/mol. The number of rotatable bonds is 2. The third-order valence-corrected chi connectivity index (χ3v) is 3.33. The number of likely N-dealkylation sites (N-methyl/N-ethyl adjacent to an activating group) is 1. The van der Waals surface area contributed by atoms with Gasteiger partial charge in [0.1, 0.15) is 17.7 Å². The molecule has 1 saturated heterocycles. The minimum absolute atomic E-state index is 0.00325. The summed E-state index contributed by atoms with van der Waals surface area (Å²) in [4.78, 5) is 23.8. The maximum absolute atomic E-state index is 13.5. The van der Waals surface area contributed by atoms with Crippen molar-refractivity contribution in [2.75, 3.05) is 12.4 Å². The summed E-state index contributed by atoms with van der Waals surface area (Å²) >= 11 is 2.85. The fraction of sp³-hybridized carbons (Fsp3) is 0.273. The van der Waals surface area contributed by atoms with Crippen molar-refractivity contribution in [1.82, 2.24) is 4.90 Å². The number of amides is 2. The van der Waals surface area contributed by atoms with Crippen LogP contribution in [0.4, 0.5) is 14.5 Å². The minimum Gasteiger partial charge on any atom is -0.371 e. The Morgan fingerprint density at radius 3 is 2.56 bits per heavy atom. The Bertz CT molecular complexity index is 536. The summed E-state index contributed by atoms with van der Waals surface area (Å²) in [5, 5.41) is 2.54. The van der Waals surface area contributed by atoms with Crippen molar-refractivity contribution in [2.24, 2.45) is 0 Å². The van der Waals surface area contributed by atoms with Gasteiger partial charge >= 0.3 is 0 Å². The Hall–Kier alpha value is -1.50. The predicted octanol–water partition coefficient (Wildman–Crippen LogP) is 1.90. The second kappa shape index (κ2) is 4.64. The van der Waals surface area contributed by atoms with Crippen molar-refractivity contribution in [1.29, 1.82) is 0 Å². The van der Waals surface area contributed by atoms with Gasteiger partial charge in [-0.1, -0.05) is 0 Å². The molecule has 0 radical (unpaired) electrons. The zero-order valence-electron chi connectivity index (χ0n) is 9.34. The first kappa shape index (κ1) is 12.9. The van der Waals surface area contributed by atoms with Crippen LogP contribution in [0.15, 0.2) is 16.6 Å². The van der Waals surface area contributed by atoms with Gasteiger partial charge < -0.3 is 5.32 Å². The molecular weight excluding hydrogens is 310 g/mol. The van der Waals surface area contributed by atoms with E-state index in [9.17, 15) is 18.4 Å². The number of hydrogen-bond donors (Lipinski definition) is 1. The first-order chi connectivity index (χ1) is 8.40. The lowest BCUT2D eigenvalue weighted by Crippen LogP contribution is -2.32. The fourth-order valence-electron chi connectivity index (χ4n) is 1.69. The van der Waals surface area contributed by atoms with Crippen LogP contribution in [0, 0.1) is 11.6 Å². The standard InChI is InChI=1S/C11H9BrF2N2O2/c1-16-10(17)4-9(11(16)18)15-8-3-6(13)5(12)2-7(8)14/h2-3,9,15H,4H2,1H3. The summed E-state index contributed by atoms with van der Waals surface area (Å²) in [5.74, 6) is -2.15. The van der Waals surface area contributed by atoms with Gasteiger partial charge in [0.2, 0.25) is 5.91 Å². The Balaban J connectivity index is 2.23. The van der Waals surface area contributed by atoms with Crippen LogP contribution in [0.2, 0.25) is 0 Å². The zero-order valence-corrected chi connectivity index (χ0v) is 10.9. The summed E-state index contributed by atoms with van der Waals surface area (Å²) in [7, 11) is 1.35. The highest BCUT2D eigenvalue weighted by Gasteiger charge is 2.36. The molecule has 1 heterocycles. The molecule has 0 aliphatic carbocycles. The van der Waals surface area contributed by atoms with Crippen molar-refractivity contribution in [3.63, 3.8) is 0 Å². The highest BCUT2D eigenvalue weighted by atomic mass is 79.9. The van der Waals surface area contributed by atoms with Crippen molar-refractivity contribution < 1.29 is 18.4 Å². The number of likely N-dealkylation sites (tertiary alicyclic amines) is 1. The molecule has 1 fully saturated rings. The van der Waals surface area contributed by atoms with Crippen LogP contribution in [-0.4, -0.2) is 29.8 Å². The molecule has 7 heteroatoms. The van der Waals surface area contributed by atoms with Crippen LogP contribution in [0.3, 0.4) is 0 Å². The molecule has 4 nitrogen and oxygen atoms in total. The summed E-state index contributed by atoms with van der Waals surface area (Å²) in [6.45, 7) is 0. The smallest absolute Gasteiger partial charge is 0.251 e. The average molecular weight is 319 g/mol. The first-order valence-electron chi connectivity index (χ1n) is 5.11. The van der Waals surface area contributed by atoms with E-state index in [1.165, 1.54) is 7.05 Å². The van der Waals surface area contributed by atoms with Crippen molar-refractivity contribution >= 4 is 33.4 Å². The lowest BCUT2D eigenvalue weighted by molar-refractivity contribution is -0.136. The van der Waals surface area contributed by atoms with Gasteiger partial charge in [-0.15, -0.1) is 0 Å². The molecule has 1 aromatic rings. The van der Waals surface area contributed by atoms with Crippen LogP contribution in [-0.2, 0) is 9.59 Å². The Morgan fingerprint density at radius 2 is 2.00 bits per heavy atom. The Labute approximate surface area is 110 Å². The summed E-state index contributed by atoms with van der Waals surface area (Å²) in [6.07, 6.45) is -0.0630. The zero-order chi connectivity index (χ0) is 13.4. The quantitative estimate of drug-likeness (QED) is 0.669. The van der Waals surface area contributed by atoms with Gasteiger partial charge in [0.05, 0.1) is 16.6 Å². The van der Waals surface area contributed by atoms with E-state index in [4.69, 9.17) is 0 Å². The molecule has 0 aromatic heterocycles. The van der Waals surface area contributed by atoms with E-state index in [1.807, 2.05) is 0 Å². The number of carbonyl (C=O) groups excluding carboxylic acids is 2. The number of anilines is 1. The van der Waals surface area contributed by atoms with E-state index in [1.54, 1.807) is 0 Å². The largest absolute Gasteiger partial charge is 0.371 e. The number of benzene rings is 1. The van der Waals surface area contributed by atoms with E-state index in [2.05, 4.69) is 21.2 Å². The van der Waals surface area contributed by atoms with Gasteiger partial charge in [0, 0.05) is 13.1 Å². The van der Waals surface area contributed by atoms with Crippen LogP contribution in [0.1, 0.15) is 6.42 Å². The van der Waals surface area contributed by atoms with Gasteiger partial charge in [0.15, 0.2) is 0 Å². The molecule has 1 aliphatic heterocycles. The van der Waals surface area contributed by atoms with Gasteiger partial charge in [-0.25, -0.2) is 8.78 Å². The maximum atomic E-state index is 13.5. The molecule has 2 amide bonds.